The summed E-state index contributed by atoms with van der Waals surface area (Å²) in [5.74, 6) is -2.73. The van der Waals surface area contributed by atoms with Crippen molar-refractivity contribution >= 4 is 28.8 Å². The van der Waals surface area contributed by atoms with Crippen molar-refractivity contribution in [1.29, 1.82) is 0 Å². The molecule has 1 spiro atoms. The SMILES string of the molecule is CCCNC(=O)[C@@H]1[C@H]2C(=O)N([C@H](CO)c3ccccc3)C(C(=O)NCn3nnc4ccccc43)C23CC(C)[C@@]1(C)O3. The maximum Gasteiger partial charge on any atom is 0.247 e. The van der Waals surface area contributed by atoms with Crippen LogP contribution in [0.25, 0.3) is 11.0 Å². The van der Waals surface area contributed by atoms with Crippen molar-refractivity contribution in [2.45, 2.75) is 63.6 Å². The maximum atomic E-state index is 14.5. The van der Waals surface area contributed by atoms with Crippen LogP contribution in [0.1, 0.15) is 45.2 Å². The van der Waals surface area contributed by atoms with E-state index in [-0.39, 0.29) is 24.4 Å². The minimum absolute atomic E-state index is 0.0288. The first-order chi connectivity index (χ1) is 19.8. The lowest BCUT2D eigenvalue weighted by atomic mass is 9.62. The molecular formula is C30H36N6O5. The first-order valence-corrected chi connectivity index (χ1v) is 14.3. The van der Waals surface area contributed by atoms with Crippen LogP contribution in [-0.4, -0.2) is 73.1 Å². The average molecular weight is 561 g/mol. The number of hydrogen-bond acceptors (Lipinski definition) is 7. The predicted octanol–water partition coefficient (Wildman–Crippen LogP) is 1.78. The monoisotopic (exact) mass is 560 g/mol. The number of likely N-dealkylation sites (tertiary alicyclic amines) is 1. The van der Waals surface area contributed by atoms with E-state index >= 15 is 0 Å². The highest BCUT2D eigenvalue weighted by Crippen LogP contribution is 2.65. The van der Waals surface area contributed by atoms with Crippen molar-refractivity contribution in [2.24, 2.45) is 17.8 Å². The number of para-hydroxylation sites is 1. The Bertz CT molecular complexity index is 1480. The number of nitrogens with one attached hydrogen (secondary N) is 2. The van der Waals surface area contributed by atoms with Crippen molar-refractivity contribution in [3.63, 3.8) is 0 Å². The molecule has 11 nitrogen and oxygen atoms in total. The molecule has 0 aliphatic carbocycles. The van der Waals surface area contributed by atoms with E-state index in [0.717, 1.165) is 11.9 Å². The van der Waals surface area contributed by atoms with Gasteiger partial charge in [0.1, 0.15) is 23.8 Å². The third-order valence-corrected chi connectivity index (χ3v) is 9.35. The second-order valence-electron chi connectivity index (χ2n) is 11.6. The third kappa shape index (κ3) is 4.05. The quantitative estimate of drug-likeness (QED) is 0.363. The lowest BCUT2D eigenvalue weighted by Gasteiger charge is -2.37. The van der Waals surface area contributed by atoms with Gasteiger partial charge in [-0.3, -0.25) is 14.4 Å². The molecule has 6 rings (SSSR count). The highest BCUT2D eigenvalue weighted by atomic mass is 16.5. The Hall–Kier alpha value is -3.83. The zero-order chi connectivity index (χ0) is 28.9. The molecule has 0 radical (unpaired) electrons. The van der Waals surface area contributed by atoms with Gasteiger partial charge in [-0.25, -0.2) is 4.68 Å². The zero-order valence-electron chi connectivity index (χ0n) is 23.5. The van der Waals surface area contributed by atoms with Gasteiger partial charge in [0.2, 0.25) is 17.7 Å². The number of fused-ring (bicyclic) bond motifs is 2. The summed E-state index contributed by atoms with van der Waals surface area (Å²) in [6.07, 6.45) is 1.19. The number of rotatable bonds is 9. The van der Waals surface area contributed by atoms with Crippen LogP contribution >= 0.6 is 0 Å². The maximum absolute atomic E-state index is 14.5. The molecule has 3 saturated heterocycles. The normalized spacial score (nSPS) is 30.9. The largest absolute Gasteiger partial charge is 0.394 e. The van der Waals surface area contributed by atoms with E-state index < -0.39 is 47.6 Å². The zero-order valence-corrected chi connectivity index (χ0v) is 23.5. The van der Waals surface area contributed by atoms with Gasteiger partial charge < -0.3 is 25.4 Å². The van der Waals surface area contributed by atoms with Crippen molar-refractivity contribution < 1.29 is 24.2 Å². The average Bonchev–Trinajstić information content (AvgIpc) is 3.65. The molecule has 41 heavy (non-hydrogen) atoms. The summed E-state index contributed by atoms with van der Waals surface area (Å²) in [5.41, 5.74) is 0.0128. The number of nitrogens with zero attached hydrogens (tertiary/aromatic N) is 4. The first-order valence-electron chi connectivity index (χ1n) is 14.3. The molecule has 1 aromatic heterocycles. The molecule has 3 unspecified atom stereocenters. The molecule has 3 amide bonds. The number of carbonyl (C=O) groups excluding carboxylic acids is 3. The van der Waals surface area contributed by atoms with Gasteiger partial charge in [-0.05, 0) is 43.4 Å². The second kappa shape index (κ2) is 10.2. The standard InChI is InChI=1S/C30H36N6O5/c1-4-14-31-26(38)23-24-28(40)36(22(16-37)19-10-6-5-7-11-19)25(30(24)15-18(2)29(23,3)41-30)27(39)32-17-35-21-13-9-8-12-20(21)33-34-35/h5-13,18,22-25,37H,4,14-17H2,1-3H3,(H,31,38)(H,32,39)/t18?,22-,23+,24+,25?,29-,30?/m1/s1. The second-order valence-corrected chi connectivity index (χ2v) is 11.6. The molecule has 216 valence electrons. The number of aliphatic hydroxyl groups excluding tert-OH is 1. The van der Waals surface area contributed by atoms with Gasteiger partial charge >= 0.3 is 0 Å². The molecule has 3 aliphatic heterocycles. The van der Waals surface area contributed by atoms with Gasteiger partial charge in [0.15, 0.2) is 0 Å². The summed E-state index contributed by atoms with van der Waals surface area (Å²) in [7, 11) is 0. The van der Waals surface area contributed by atoms with Crippen LogP contribution < -0.4 is 10.6 Å². The van der Waals surface area contributed by atoms with E-state index in [4.69, 9.17) is 4.74 Å². The molecule has 11 heteroatoms. The Balaban J connectivity index is 1.41. The smallest absolute Gasteiger partial charge is 0.247 e. The van der Waals surface area contributed by atoms with E-state index in [9.17, 15) is 19.5 Å². The highest BCUT2D eigenvalue weighted by Gasteiger charge is 2.80. The van der Waals surface area contributed by atoms with Crippen molar-refractivity contribution in [3.8, 4) is 0 Å². The molecule has 0 saturated carbocycles. The van der Waals surface area contributed by atoms with E-state index in [2.05, 4.69) is 20.9 Å². The fraction of sp³-hybridized carbons (Fsp3) is 0.500. The Morgan fingerprint density at radius 3 is 2.59 bits per heavy atom. The van der Waals surface area contributed by atoms with Crippen LogP contribution in [0.5, 0.6) is 0 Å². The number of ether oxygens (including phenoxy) is 1. The van der Waals surface area contributed by atoms with Gasteiger partial charge in [-0.2, -0.15) is 0 Å². The fourth-order valence-electron chi connectivity index (χ4n) is 7.38. The van der Waals surface area contributed by atoms with E-state index in [0.29, 0.717) is 24.0 Å². The van der Waals surface area contributed by atoms with Gasteiger partial charge in [-0.1, -0.05) is 61.5 Å². The number of amides is 3. The molecule has 4 heterocycles. The van der Waals surface area contributed by atoms with Crippen molar-refractivity contribution in [2.75, 3.05) is 13.2 Å². The van der Waals surface area contributed by atoms with Crippen LogP contribution in [-0.2, 0) is 25.8 Å². The molecule has 2 aromatic carbocycles. The molecular weight excluding hydrogens is 524 g/mol. The Morgan fingerprint density at radius 1 is 1.12 bits per heavy atom. The summed E-state index contributed by atoms with van der Waals surface area (Å²) in [5, 5.41) is 24.9. The van der Waals surface area contributed by atoms with E-state index in [1.807, 2.05) is 75.4 Å². The van der Waals surface area contributed by atoms with Gasteiger partial charge in [-0.15, -0.1) is 5.10 Å². The highest BCUT2D eigenvalue weighted by molar-refractivity contribution is 5.99. The van der Waals surface area contributed by atoms with Crippen LogP contribution in [0, 0.1) is 17.8 Å². The molecule has 3 aromatic rings. The van der Waals surface area contributed by atoms with Crippen LogP contribution in [0.15, 0.2) is 54.6 Å². The summed E-state index contributed by atoms with van der Waals surface area (Å²) in [6, 6.07) is 14.7. The van der Waals surface area contributed by atoms with Gasteiger partial charge in [0, 0.05) is 6.54 Å². The number of hydrogen-bond donors (Lipinski definition) is 3. The van der Waals surface area contributed by atoms with E-state index in [1.165, 1.54) is 4.90 Å². The number of carbonyl (C=O) groups is 3. The number of benzene rings is 2. The first kappa shape index (κ1) is 27.3. The predicted molar refractivity (Wildman–Crippen MR) is 149 cm³/mol. The fourth-order valence-corrected chi connectivity index (χ4v) is 7.38. The Morgan fingerprint density at radius 2 is 1.85 bits per heavy atom. The molecule has 3 fully saturated rings. The van der Waals surface area contributed by atoms with Gasteiger partial charge in [0.05, 0.1) is 35.6 Å². The minimum atomic E-state index is -1.23. The Kier molecular flexibility index (Phi) is 6.82. The summed E-state index contributed by atoms with van der Waals surface area (Å²) >= 11 is 0. The van der Waals surface area contributed by atoms with Crippen LogP contribution in [0.3, 0.4) is 0 Å². The van der Waals surface area contributed by atoms with Crippen LogP contribution in [0.4, 0.5) is 0 Å². The van der Waals surface area contributed by atoms with Crippen molar-refractivity contribution in [3.05, 3.63) is 60.2 Å². The van der Waals surface area contributed by atoms with E-state index in [1.54, 1.807) is 4.68 Å². The topological polar surface area (TPSA) is 139 Å². The summed E-state index contributed by atoms with van der Waals surface area (Å²) in [4.78, 5) is 43.8. The lowest BCUT2D eigenvalue weighted by Crippen LogP contribution is -2.56. The number of aromatic nitrogens is 3. The van der Waals surface area contributed by atoms with Gasteiger partial charge in [0.25, 0.3) is 0 Å². The molecule has 2 bridgehead atoms. The summed E-state index contributed by atoms with van der Waals surface area (Å²) < 4.78 is 8.35. The molecule has 3 N–H and O–H groups in total. The Labute approximate surface area is 238 Å². The number of aliphatic hydroxyl groups is 1. The molecule has 3 aliphatic rings. The minimum Gasteiger partial charge on any atom is -0.394 e. The molecule has 7 atom stereocenters. The summed E-state index contributed by atoms with van der Waals surface area (Å²) in [6.45, 7) is 5.98. The van der Waals surface area contributed by atoms with Crippen LogP contribution in [0.2, 0.25) is 0 Å². The van der Waals surface area contributed by atoms with Crippen molar-refractivity contribution in [1.82, 2.24) is 30.5 Å². The lowest BCUT2D eigenvalue weighted by molar-refractivity contribution is -0.151. The third-order valence-electron chi connectivity index (χ3n) is 9.35.